The lowest BCUT2D eigenvalue weighted by Gasteiger charge is -2.21. The van der Waals surface area contributed by atoms with Crippen molar-refractivity contribution in [1.29, 1.82) is 0 Å². The van der Waals surface area contributed by atoms with Crippen LogP contribution >= 0.6 is 39.9 Å². The molecule has 5 nitrogen and oxygen atoms in total. The fraction of sp³-hybridized carbons (Fsp3) is 0.333. The van der Waals surface area contributed by atoms with E-state index in [9.17, 15) is 0 Å². The van der Waals surface area contributed by atoms with Crippen LogP contribution in [0.2, 0.25) is 0 Å². The molecule has 0 fully saturated rings. The Balaban J connectivity index is 0.00000242. The summed E-state index contributed by atoms with van der Waals surface area (Å²) in [6.45, 7) is 3.25. The zero-order chi connectivity index (χ0) is 15.2. The first-order chi connectivity index (χ1) is 10.1. The van der Waals surface area contributed by atoms with Crippen LogP contribution in [0.1, 0.15) is 17.0 Å². The summed E-state index contributed by atoms with van der Waals surface area (Å²) in [6.07, 6.45) is 0. The molecule has 0 bridgehead atoms. The first kappa shape index (κ1) is 19.0. The third-order valence-corrected chi connectivity index (χ3v) is 3.53. The van der Waals surface area contributed by atoms with Gasteiger partial charge in [0.25, 0.3) is 0 Å². The molecule has 0 unspecified atom stereocenters. The minimum Gasteiger partial charge on any atom is -0.359 e. The van der Waals surface area contributed by atoms with Gasteiger partial charge in [0.15, 0.2) is 11.7 Å². The Morgan fingerprint density at radius 3 is 2.59 bits per heavy atom. The van der Waals surface area contributed by atoms with Crippen LogP contribution in [-0.4, -0.2) is 30.1 Å². The number of rotatable bonds is 4. The monoisotopic (exact) mass is 478 g/mol. The van der Waals surface area contributed by atoms with E-state index >= 15 is 0 Å². The molecule has 1 aromatic heterocycles. The predicted octanol–water partition coefficient (Wildman–Crippen LogP) is 3.57. The summed E-state index contributed by atoms with van der Waals surface area (Å²) in [5.74, 6) is 1.61. The van der Waals surface area contributed by atoms with Crippen molar-refractivity contribution in [3.8, 4) is 0 Å². The second kappa shape index (κ2) is 9.14. The molecule has 7 heteroatoms. The average molecular weight is 479 g/mol. The Bertz CT molecular complexity index is 612. The second-order valence-corrected chi connectivity index (χ2v) is 5.73. The predicted molar refractivity (Wildman–Crippen MR) is 102 cm³/mol. The molecule has 2 rings (SSSR count). The van der Waals surface area contributed by atoms with Gasteiger partial charge in [0.2, 0.25) is 0 Å². The lowest BCUT2D eigenvalue weighted by molar-refractivity contribution is 0.373. The maximum Gasteiger partial charge on any atom is 0.194 e. The van der Waals surface area contributed by atoms with Crippen LogP contribution in [0.5, 0.6) is 0 Å². The molecule has 0 aliphatic rings. The van der Waals surface area contributed by atoms with Gasteiger partial charge in [-0.2, -0.15) is 0 Å². The van der Waals surface area contributed by atoms with Gasteiger partial charge in [-0.25, -0.2) is 0 Å². The number of benzene rings is 1. The summed E-state index contributed by atoms with van der Waals surface area (Å²) < 4.78 is 6.26. The Morgan fingerprint density at radius 2 is 2.05 bits per heavy atom. The summed E-state index contributed by atoms with van der Waals surface area (Å²) in [7, 11) is 3.77. The highest BCUT2D eigenvalue weighted by Gasteiger charge is 2.08. The molecule has 0 amide bonds. The summed E-state index contributed by atoms with van der Waals surface area (Å²) in [6, 6.07) is 10.2. The molecule has 1 N–H and O–H groups in total. The van der Waals surface area contributed by atoms with Crippen LogP contribution in [0.3, 0.4) is 0 Å². The Morgan fingerprint density at radius 1 is 1.36 bits per heavy atom. The molecule has 0 atom stereocenters. The molecule has 2 aromatic rings. The zero-order valence-corrected chi connectivity index (χ0v) is 16.8. The highest BCUT2D eigenvalue weighted by Crippen LogP contribution is 2.12. The normalized spacial score (nSPS) is 11.0. The number of guanidine groups is 1. The molecule has 1 aromatic carbocycles. The standard InChI is InChI=1S/C15H19BrN4O.HI/c1-11-8-14(21-19-11)9-18-15(17-2)20(3)10-12-4-6-13(16)7-5-12;/h4-8H,9-10H2,1-3H3,(H,17,18);1H. The minimum atomic E-state index is 0. The number of hydrogen-bond acceptors (Lipinski definition) is 3. The first-order valence-electron chi connectivity index (χ1n) is 6.67. The maximum atomic E-state index is 5.18. The third kappa shape index (κ3) is 5.60. The summed E-state index contributed by atoms with van der Waals surface area (Å²) in [4.78, 5) is 6.35. The lowest BCUT2D eigenvalue weighted by atomic mass is 10.2. The van der Waals surface area contributed by atoms with Crippen LogP contribution in [0.4, 0.5) is 0 Å². The Kier molecular flexibility index (Phi) is 7.88. The van der Waals surface area contributed by atoms with Crippen molar-refractivity contribution < 1.29 is 4.52 Å². The van der Waals surface area contributed by atoms with Gasteiger partial charge in [-0.1, -0.05) is 33.2 Å². The fourth-order valence-electron chi connectivity index (χ4n) is 1.99. The second-order valence-electron chi connectivity index (χ2n) is 4.82. The molecule has 0 radical (unpaired) electrons. The van der Waals surface area contributed by atoms with E-state index in [1.54, 1.807) is 7.05 Å². The molecule has 120 valence electrons. The number of aryl methyl sites for hydroxylation is 1. The molecular weight excluding hydrogens is 459 g/mol. The van der Waals surface area contributed by atoms with Gasteiger partial charge in [-0.15, -0.1) is 24.0 Å². The van der Waals surface area contributed by atoms with E-state index in [1.165, 1.54) is 5.56 Å². The minimum absolute atomic E-state index is 0. The number of hydrogen-bond donors (Lipinski definition) is 1. The lowest BCUT2D eigenvalue weighted by Crippen LogP contribution is -2.37. The summed E-state index contributed by atoms with van der Waals surface area (Å²) in [5.41, 5.74) is 2.10. The molecule has 0 spiro atoms. The van der Waals surface area contributed by atoms with E-state index in [2.05, 4.69) is 48.4 Å². The van der Waals surface area contributed by atoms with Crippen molar-refractivity contribution in [1.82, 2.24) is 15.4 Å². The largest absolute Gasteiger partial charge is 0.359 e. The number of nitrogens with zero attached hydrogens (tertiary/aromatic N) is 3. The van der Waals surface area contributed by atoms with Crippen molar-refractivity contribution >= 4 is 45.9 Å². The quantitative estimate of drug-likeness (QED) is 0.414. The molecule has 0 aliphatic carbocycles. The van der Waals surface area contributed by atoms with E-state index < -0.39 is 0 Å². The molecule has 0 saturated carbocycles. The number of nitrogens with one attached hydrogen (secondary N) is 1. The van der Waals surface area contributed by atoms with E-state index in [0.29, 0.717) is 6.54 Å². The SMILES string of the molecule is CN=C(NCc1cc(C)no1)N(C)Cc1ccc(Br)cc1.I. The maximum absolute atomic E-state index is 5.18. The van der Waals surface area contributed by atoms with Crippen molar-refractivity contribution in [2.75, 3.05) is 14.1 Å². The third-order valence-electron chi connectivity index (χ3n) is 3.00. The first-order valence-corrected chi connectivity index (χ1v) is 7.46. The van der Waals surface area contributed by atoms with Gasteiger partial charge in [-0.05, 0) is 24.6 Å². The highest BCUT2D eigenvalue weighted by atomic mass is 127. The molecule has 1 heterocycles. The smallest absolute Gasteiger partial charge is 0.194 e. The van der Waals surface area contributed by atoms with E-state index in [4.69, 9.17) is 4.52 Å². The van der Waals surface area contributed by atoms with Crippen molar-refractivity contribution in [2.24, 2.45) is 4.99 Å². The van der Waals surface area contributed by atoms with Gasteiger partial charge in [0.1, 0.15) is 0 Å². The van der Waals surface area contributed by atoms with Crippen molar-refractivity contribution in [2.45, 2.75) is 20.0 Å². The molecule has 22 heavy (non-hydrogen) atoms. The fourth-order valence-corrected chi connectivity index (χ4v) is 2.25. The van der Waals surface area contributed by atoms with Crippen LogP contribution in [-0.2, 0) is 13.1 Å². The van der Waals surface area contributed by atoms with Gasteiger partial charge in [0, 0.05) is 31.2 Å². The number of aliphatic imine (C=N–C) groups is 1. The molecular formula is C15H20BrIN4O. The van der Waals surface area contributed by atoms with Crippen molar-refractivity contribution in [3.05, 3.63) is 51.8 Å². The average Bonchev–Trinajstić information content (AvgIpc) is 2.88. The highest BCUT2D eigenvalue weighted by molar-refractivity contribution is 14.0. The molecule has 0 saturated heterocycles. The van der Waals surface area contributed by atoms with E-state index in [1.807, 2.05) is 32.2 Å². The number of aromatic nitrogens is 1. The van der Waals surface area contributed by atoms with Gasteiger partial charge >= 0.3 is 0 Å². The van der Waals surface area contributed by atoms with Gasteiger partial charge in [0.05, 0.1) is 12.2 Å². The van der Waals surface area contributed by atoms with E-state index in [0.717, 1.165) is 28.4 Å². The number of halogens is 2. The Hall–Kier alpha value is -1.09. The van der Waals surface area contributed by atoms with Crippen LogP contribution in [0.25, 0.3) is 0 Å². The van der Waals surface area contributed by atoms with Gasteiger partial charge < -0.3 is 14.7 Å². The summed E-state index contributed by atoms with van der Waals surface area (Å²) >= 11 is 3.44. The van der Waals surface area contributed by atoms with Gasteiger partial charge in [-0.3, -0.25) is 4.99 Å². The van der Waals surface area contributed by atoms with Crippen LogP contribution in [0.15, 0.2) is 44.3 Å². The van der Waals surface area contributed by atoms with Crippen LogP contribution < -0.4 is 5.32 Å². The van der Waals surface area contributed by atoms with Crippen LogP contribution in [0, 0.1) is 6.92 Å². The molecule has 0 aliphatic heterocycles. The zero-order valence-electron chi connectivity index (χ0n) is 12.8. The Labute approximate surface area is 156 Å². The topological polar surface area (TPSA) is 53.7 Å². The van der Waals surface area contributed by atoms with E-state index in [-0.39, 0.29) is 24.0 Å². The summed E-state index contributed by atoms with van der Waals surface area (Å²) in [5, 5.41) is 7.13. The van der Waals surface area contributed by atoms with Crippen molar-refractivity contribution in [3.63, 3.8) is 0 Å².